The van der Waals surface area contributed by atoms with E-state index in [-0.39, 0.29) is 0 Å². The Bertz CT molecular complexity index is 384. The highest BCUT2D eigenvalue weighted by atomic mass is 79.9. The molecule has 1 aromatic rings. The summed E-state index contributed by atoms with van der Waals surface area (Å²) in [6, 6.07) is 6.31. The van der Waals surface area contributed by atoms with Crippen LogP contribution in [0.15, 0.2) is 22.7 Å². The van der Waals surface area contributed by atoms with Gasteiger partial charge in [0, 0.05) is 42.8 Å². The summed E-state index contributed by atoms with van der Waals surface area (Å²) in [7, 11) is 1.77. The van der Waals surface area contributed by atoms with Crippen LogP contribution in [0.1, 0.15) is 12.0 Å². The number of rotatable bonds is 4. The molecule has 17 heavy (non-hydrogen) atoms. The van der Waals surface area contributed by atoms with Crippen LogP contribution in [-0.4, -0.2) is 26.8 Å². The molecule has 1 unspecified atom stereocenters. The zero-order chi connectivity index (χ0) is 12.3. The van der Waals surface area contributed by atoms with Crippen molar-refractivity contribution in [1.29, 1.82) is 0 Å². The average molecular weight is 299 g/mol. The van der Waals surface area contributed by atoms with E-state index in [0.29, 0.717) is 12.5 Å². The number of halogens is 1. The Labute approximate surface area is 111 Å². The molecule has 1 saturated heterocycles. The van der Waals surface area contributed by atoms with Gasteiger partial charge < -0.3 is 15.4 Å². The van der Waals surface area contributed by atoms with Crippen molar-refractivity contribution in [2.45, 2.75) is 13.0 Å². The SMILES string of the molecule is COCC1CCN(c2cc(Br)ccc2CN)C1. The van der Waals surface area contributed by atoms with E-state index in [1.165, 1.54) is 17.7 Å². The number of methoxy groups -OCH3 is 1. The van der Waals surface area contributed by atoms with Crippen molar-refractivity contribution in [2.24, 2.45) is 11.7 Å². The van der Waals surface area contributed by atoms with E-state index in [9.17, 15) is 0 Å². The lowest BCUT2D eigenvalue weighted by atomic mass is 10.1. The third-order valence-corrected chi connectivity index (χ3v) is 3.79. The fourth-order valence-corrected chi connectivity index (χ4v) is 2.78. The van der Waals surface area contributed by atoms with Crippen molar-refractivity contribution >= 4 is 21.6 Å². The fraction of sp³-hybridized carbons (Fsp3) is 0.538. The Balaban J connectivity index is 2.14. The molecule has 0 aromatic heterocycles. The molecule has 3 nitrogen and oxygen atoms in total. The van der Waals surface area contributed by atoms with Gasteiger partial charge in [-0.3, -0.25) is 0 Å². The van der Waals surface area contributed by atoms with Crippen molar-refractivity contribution < 1.29 is 4.74 Å². The summed E-state index contributed by atoms with van der Waals surface area (Å²) in [5.74, 6) is 0.643. The van der Waals surface area contributed by atoms with E-state index < -0.39 is 0 Å². The van der Waals surface area contributed by atoms with E-state index in [0.717, 1.165) is 24.2 Å². The van der Waals surface area contributed by atoms with Gasteiger partial charge in [-0.25, -0.2) is 0 Å². The Morgan fingerprint density at radius 2 is 2.35 bits per heavy atom. The molecule has 94 valence electrons. The minimum Gasteiger partial charge on any atom is -0.384 e. The zero-order valence-corrected chi connectivity index (χ0v) is 11.7. The second-order valence-corrected chi connectivity index (χ2v) is 5.45. The summed E-state index contributed by atoms with van der Waals surface area (Å²) in [5.41, 5.74) is 8.27. The Kier molecular flexibility index (Phi) is 4.42. The topological polar surface area (TPSA) is 38.5 Å². The molecule has 1 fully saturated rings. The summed E-state index contributed by atoms with van der Waals surface area (Å²) < 4.78 is 6.34. The average Bonchev–Trinajstić information content (AvgIpc) is 2.78. The van der Waals surface area contributed by atoms with E-state index in [4.69, 9.17) is 10.5 Å². The Morgan fingerprint density at radius 3 is 3.06 bits per heavy atom. The second kappa shape index (κ2) is 5.85. The maximum Gasteiger partial charge on any atom is 0.0508 e. The minimum atomic E-state index is 0.591. The molecule has 0 amide bonds. The van der Waals surface area contributed by atoms with Crippen LogP contribution in [0, 0.1) is 5.92 Å². The quantitative estimate of drug-likeness (QED) is 0.927. The van der Waals surface area contributed by atoms with Crippen LogP contribution < -0.4 is 10.6 Å². The molecule has 2 N–H and O–H groups in total. The van der Waals surface area contributed by atoms with Gasteiger partial charge in [-0.1, -0.05) is 22.0 Å². The van der Waals surface area contributed by atoms with Crippen molar-refractivity contribution in [2.75, 3.05) is 31.7 Å². The standard InChI is InChI=1S/C13H19BrN2O/c1-17-9-10-4-5-16(8-10)13-6-12(14)3-2-11(13)7-15/h2-3,6,10H,4-5,7-9,15H2,1H3. The molecule has 0 aliphatic carbocycles. The van der Waals surface area contributed by atoms with Gasteiger partial charge in [0.2, 0.25) is 0 Å². The highest BCUT2D eigenvalue weighted by molar-refractivity contribution is 9.10. The molecule has 1 heterocycles. The van der Waals surface area contributed by atoms with Crippen LogP contribution in [0.3, 0.4) is 0 Å². The highest BCUT2D eigenvalue weighted by Gasteiger charge is 2.23. The maximum atomic E-state index is 5.79. The lowest BCUT2D eigenvalue weighted by Gasteiger charge is -2.22. The third kappa shape index (κ3) is 3.00. The summed E-state index contributed by atoms with van der Waals surface area (Å²) in [6.45, 7) is 3.60. The Hall–Kier alpha value is -0.580. The van der Waals surface area contributed by atoms with Gasteiger partial charge >= 0.3 is 0 Å². The van der Waals surface area contributed by atoms with E-state index in [1.54, 1.807) is 7.11 Å². The molecule has 1 aliphatic rings. The molecular formula is C13H19BrN2O. The van der Waals surface area contributed by atoms with Gasteiger partial charge in [0.25, 0.3) is 0 Å². The molecule has 4 heteroatoms. The van der Waals surface area contributed by atoms with Crippen molar-refractivity contribution in [1.82, 2.24) is 0 Å². The van der Waals surface area contributed by atoms with Gasteiger partial charge in [-0.2, -0.15) is 0 Å². The summed E-state index contributed by atoms with van der Waals surface area (Å²) in [4.78, 5) is 2.41. The number of hydrogen-bond donors (Lipinski definition) is 1. The first-order valence-electron chi connectivity index (χ1n) is 5.97. The summed E-state index contributed by atoms with van der Waals surface area (Å²) in [6.07, 6.45) is 1.20. The van der Waals surface area contributed by atoms with Crippen molar-refractivity contribution in [3.05, 3.63) is 28.2 Å². The molecule has 0 spiro atoms. The number of ether oxygens (including phenoxy) is 1. The number of anilines is 1. The van der Waals surface area contributed by atoms with Gasteiger partial charge in [0.05, 0.1) is 6.61 Å². The second-order valence-electron chi connectivity index (χ2n) is 4.53. The summed E-state index contributed by atoms with van der Waals surface area (Å²) in [5, 5.41) is 0. The van der Waals surface area contributed by atoms with E-state index in [1.807, 2.05) is 0 Å². The van der Waals surface area contributed by atoms with Crippen molar-refractivity contribution in [3.63, 3.8) is 0 Å². The minimum absolute atomic E-state index is 0.591. The molecule has 2 rings (SSSR count). The third-order valence-electron chi connectivity index (χ3n) is 3.30. The van der Waals surface area contributed by atoms with Crippen LogP contribution in [-0.2, 0) is 11.3 Å². The van der Waals surface area contributed by atoms with Crippen LogP contribution in [0.5, 0.6) is 0 Å². The van der Waals surface area contributed by atoms with Gasteiger partial charge in [-0.15, -0.1) is 0 Å². The lowest BCUT2D eigenvalue weighted by Crippen LogP contribution is -2.22. The largest absolute Gasteiger partial charge is 0.384 e. The first kappa shape index (κ1) is 12.9. The normalized spacial score (nSPS) is 19.9. The fourth-order valence-electron chi connectivity index (χ4n) is 2.43. The first-order valence-corrected chi connectivity index (χ1v) is 6.76. The number of nitrogens with zero attached hydrogens (tertiary/aromatic N) is 1. The Morgan fingerprint density at radius 1 is 1.53 bits per heavy atom. The lowest BCUT2D eigenvalue weighted by molar-refractivity contribution is 0.161. The predicted octanol–water partition coefficient (Wildman–Crippen LogP) is 2.38. The number of nitrogens with two attached hydrogens (primary N) is 1. The van der Waals surface area contributed by atoms with Gasteiger partial charge in [-0.05, 0) is 24.1 Å². The molecule has 1 atom stereocenters. The van der Waals surface area contributed by atoms with Crippen LogP contribution in [0.4, 0.5) is 5.69 Å². The number of hydrogen-bond acceptors (Lipinski definition) is 3. The van der Waals surface area contributed by atoms with Crippen LogP contribution >= 0.6 is 15.9 Å². The van der Waals surface area contributed by atoms with Gasteiger partial charge in [0.15, 0.2) is 0 Å². The van der Waals surface area contributed by atoms with E-state index in [2.05, 4.69) is 39.0 Å². The number of benzene rings is 1. The molecular weight excluding hydrogens is 280 g/mol. The summed E-state index contributed by atoms with van der Waals surface area (Å²) >= 11 is 3.53. The zero-order valence-electron chi connectivity index (χ0n) is 10.2. The van der Waals surface area contributed by atoms with E-state index >= 15 is 0 Å². The van der Waals surface area contributed by atoms with Crippen LogP contribution in [0.25, 0.3) is 0 Å². The molecule has 0 bridgehead atoms. The monoisotopic (exact) mass is 298 g/mol. The predicted molar refractivity (Wildman–Crippen MR) is 74.2 cm³/mol. The molecule has 1 aliphatic heterocycles. The van der Waals surface area contributed by atoms with Crippen LogP contribution in [0.2, 0.25) is 0 Å². The molecule has 1 aromatic carbocycles. The molecule has 0 saturated carbocycles. The smallest absolute Gasteiger partial charge is 0.0508 e. The maximum absolute atomic E-state index is 5.79. The molecule has 0 radical (unpaired) electrons. The first-order chi connectivity index (χ1) is 8.24. The van der Waals surface area contributed by atoms with Crippen molar-refractivity contribution in [3.8, 4) is 0 Å². The highest BCUT2D eigenvalue weighted by Crippen LogP contribution is 2.29. The van der Waals surface area contributed by atoms with Gasteiger partial charge in [0.1, 0.15) is 0 Å².